The Labute approximate surface area is 215 Å². The largest absolute Gasteiger partial charge is 0.490 e. The molecule has 36 heavy (non-hydrogen) atoms. The number of fused-ring (bicyclic) bond motifs is 2. The molecule has 2 aromatic carbocycles. The molecule has 0 atom stereocenters. The number of ether oxygens (including phenoxy) is 2. The van der Waals surface area contributed by atoms with Crippen molar-refractivity contribution in [2.75, 3.05) is 25.0 Å². The first-order valence-corrected chi connectivity index (χ1v) is 12.4. The first kappa shape index (κ1) is 25.4. The van der Waals surface area contributed by atoms with Crippen molar-refractivity contribution in [3.8, 4) is 17.2 Å². The van der Waals surface area contributed by atoms with Gasteiger partial charge in [0.1, 0.15) is 12.4 Å². The van der Waals surface area contributed by atoms with E-state index in [9.17, 15) is 9.59 Å². The number of para-hydroxylation sites is 2. The van der Waals surface area contributed by atoms with Crippen LogP contribution >= 0.6 is 11.6 Å². The molecule has 9 heteroatoms. The van der Waals surface area contributed by atoms with Gasteiger partial charge in [-0.05, 0) is 57.0 Å². The van der Waals surface area contributed by atoms with Crippen LogP contribution in [0.3, 0.4) is 0 Å². The highest BCUT2D eigenvalue weighted by Gasteiger charge is 2.22. The Kier molecular flexibility index (Phi) is 8.38. The molecule has 8 nitrogen and oxygen atoms in total. The summed E-state index contributed by atoms with van der Waals surface area (Å²) in [4.78, 5) is 36.5. The Balaban J connectivity index is 1.62. The van der Waals surface area contributed by atoms with E-state index in [4.69, 9.17) is 21.1 Å². The summed E-state index contributed by atoms with van der Waals surface area (Å²) in [5.74, 6) is 1.53. The second kappa shape index (κ2) is 11.9. The summed E-state index contributed by atoms with van der Waals surface area (Å²) in [6.07, 6.45) is 4.97. The van der Waals surface area contributed by atoms with Gasteiger partial charge in [-0.1, -0.05) is 36.6 Å². The Hall–Kier alpha value is -3.65. The van der Waals surface area contributed by atoms with Crippen LogP contribution in [-0.4, -0.2) is 46.4 Å². The number of carbonyl (C=O) groups is 2. The number of aromatic nitrogens is 2. The molecule has 2 amide bonds. The van der Waals surface area contributed by atoms with Gasteiger partial charge >= 0.3 is 0 Å². The van der Waals surface area contributed by atoms with E-state index in [1.54, 1.807) is 36.9 Å². The van der Waals surface area contributed by atoms with Crippen LogP contribution in [0.15, 0.2) is 48.7 Å². The summed E-state index contributed by atoms with van der Waals surface area (Å²) in [6.45, 7) is 4.40. The lowest BCUT2D eigenvalue weighted by atomic mass is 10.1. The van der Waals surface area contributed by atoms with E-state index >= 15 is 0 Å². The van der Waals surface area contributed by atoms with Crippen LogP contribution in [-0.2, 0) is 4.79 Å². The lowest BCUT2D eigenvalue weighted by Crippen LogP contribution is -2.39. The first-order valence-electron chi connectivity index (χ1n) is 12.0. The average molecular weight is 509 g/mol. The Morgan fingerprint density at radius 1 is 1.03 bits per heavy atom. The number of aryl methyl sites for hydroxylation is 2. The zero-order chi connectivity index (χ0) is 25.5. The first-order chi connectivity index (χ1) is 17.4. The van der Waals surface area contributed by atoms with Crippen LogP contribution in [0.5, 0.6) is 17.2 Å². The molecule has 0 saturated heterocycles. The van der Waals surface area contributed by atoms with E-state index in [1.165, 1.54) is 6.20 Å². The fraction of sp³-hybridized carbons (Fsp3) is 0.333. The van der Waals surface area contributed by atoms with Gasteiger partial charge < -0.3 is 19.7 Å². The van der Waals surface area contributed by atoms with Gasteiger partial charge in [0.15, 0.2) is 17.2 Å². The van der Waals surface area contributed by atoms with Crippen LogP contribution in [0.4, 0.5) is 5.69 Å². The molecule has 0 saturated carbocycles. The minimum Gasteiger partial charge on any atom is -0.490 e. The molecule has 3 aromatic rings. The number of hydrogen-bond donors (Lipinski definition) is 1. The Morgan fingerprint density at radius 2 is 1.81 bits per heavy atom. The van der Waals surface area contributed by atoms with E-state index in [0.29, 0.717) is 58.2 Å². The van der Waals surface area contributed by atoms with Crippen LogP contribution < -0.4 is 14.8 Å². The number of benzene rings is 2. The van der Waals surface area contributed by atoms with Gasteiger partial charge in [-0.3, -0.25) is 9.59 Å². The summed E-state index contributed by atoms with van der Waals surface area (Å²) < 4.78 is 12.1. The van der Waals surface area contributed by atoms with Crippen molar-refractivity contribution < 1.29 is 19.1 Å². The summed E-state index contributed by atoms with van der Waals surface area (Å²) in [7, 11) is 0. The van der Waals surface area contributed by atoms with Gasteiger partial charge in [-0.2, -0.15) is 0 Å². The maximum Gasteiger partial charge on any atom is 0.257 e. The number of hydrogen-bond acceptors (Lipinski definition) is 6. The van der Waals surface area contributed by atoms with Crippen molar-refractivity contribution in [1.29, 1.82) is 0 Å². The molecular formula is C27H29ClN4O4. The molecular weight excluding hydrogens is 480 g/mol. The van der Waals surface area contributed by atoms with Crippen molar-refractivity contribution in [3.63, 3.8) is 0 Å². The van der Waals surface area contributed by atoms with E-state index in [1.807, 2.05) is 24.3 Å². The fourth-order valence-corrected chi connectivity index (χ4v) is 4.15. The molecule has 0 radical (unpaired) electrons. The van der Waals surface area contributed by atoms with Crippen molar-refractivity contribution in [3.05, 3.63) is 70.8 Å². The highest BCUT2D eigenvalue weighted by molar-refractivity contribution is 6.31. The van der Waals surface area contributed by atoms with Gasteiger partial charge in [0.25, 0.3) is 5.91 Å². The summed E-state index contributed by atoms with van der Waals surface area (Å²) in [6, 6.07) is 12.4. The second-order valence-electron chi connectivity index (χ2n) is 8.64. The number of amides is 2. The molecule has 0 bridgehead atoms. The minimum absolute atomic E-state index is 0.127. The number of nitrogens with zero attached hydrogens (tertiary/aromatic N) is 3. The Morgan fingerprint density at radius 3 is 2.61 bits per heavy atom. The van der Waals surface area contributed by atoms with E-state index in [0.717, 1.165) is 25.7 Å². The molecule has 1 N–H and O–H groups in total. The maximum atomic E-state index is 13.4. The second-order valence-corrected chi connectivity index (χ2v) is 9.08. The van der Waals surface area contributed by atoms with Crippen molar-refractivity contribution >= 4 is 29.1 Å². The minimum atomic E-state index is -0.363. The molecule has 1 aromatic heterocycles. The predicted molar refractivity (Wildman–Crippen MR) is 138 cm³/mol. The maximum absolute atomic E-state index is 13.4. The van der Waals surface area contributed by atoms with Gasteiger partial charge in [0.2, 0.25) is 5.91 Å². The highest BCUT2D eigenvalue weighted by Crippen LogP contribution is 2.36. The number of halogens is 1. The molecule has 1 aliphatic rings. The molecule has 0 aliphatic carbocycles. The van der Waals surface area contributed by atoms with Crippen LogP contribution in [0.25, 0.3) is 0 Å². The standard InChI is InChI=1S/C27H29ClN4O4/c1-18-21(16-29-19(2)30-18)27(34)32-13-7-3-4-8-14-35-24-9-5-6-10-25(24)36-23-12-11-20(28)15-22(23)31-26(33)17-32/h5-6,9-12,15-16H,3-4,7-8,13-14,17H2,1-2H3,(H,31,33). The monoisotopic (exact) mass is 508 g/mol. The van der Waals surface area contributed by atoms with Crippen LogP contribution in [0.1, 0.15) is 47.6 Å². The third-order valence-corrected chi connectivity index (χ3v) is 6.05. The molecule has 1 aliphatic heterocycles. The van der Waals surface area contributed by atoms with Gasteiger partial charge in [-0.25, -0.2) is 9.97 Å². The number of anilines is 1. The number of carbonyl (C=O) groups excluding carboxylic acids is 2. The highest BCUT2D eigenvalue weighted by atomic mass is 35.5. The van der Waals surface area contributed by atoms with Gasteiger partial charge in [0.05, 0.1) is 23.6 Å². The number of rotatable bonds is 1. The molecule has 4 rings (SSSR count). The van der Waals surface area contributed by atoms with Crippen molar-refractivity contribution in [2.24, 2.45) is 0 Å². The van der Waals surface area contributed by atoms with Crippen LogP contribution in [0.2, 0.25) is 5.02 Å². The van der Waals surface area contributed by atoms with Gasteiger partial charge in [-0.15, -0.1) is 0 Å². The zero-order valence-electron chi connectivity index (χ0n) is 20.4. The lowest BCUT2D eigenvalue weighted by molar-refractivity contribution is -0.116. The van der Waals surface area contributed by atoms with Crippen LogP contribution in [0, 0.1) is 13.8 Å². The molecule has 2 heterocycles. The van der Waals surface area contributed by atoms with Crippen molar-refractivity contribution in [1.82, 2.24) is 14.9 Å². The van der Waals surface area contributed by atoms with E-state index in [2.05, 4.69) is 15.3 Å². The quantitative estimate of drug-likeness (QED) is 0.461. The lowest BCUT2D eigenvalue weighted by Gasteiger charge is -2.23. The topological polar surface area (TPSA) is 93.7 Å². The zero-order valence-corrected chi connectivity index (χ0v) is 21.2. The van der Waals surface area contributed by atoms with Gasteiger partial charge in [0, 0.05) is 17.8 Å². The fourth-order valence-electron chi connectivity index (χ4n) is 3.98. The molecule has 188 valence electrons. The van der Waals surface area contributed by atoms with E-state index < -0.39 is 0 Å². The normalized spacial score (nSPS) is 15.1. The molecule has 0 unspecified atom stereocenters. The number of nitrogens with one attached hydrogen (secondary N) is 1. The van der Waals surface area contributed by atoms with E-state index in [-0.39, 0.29) is 18.4 Å². The van der Waals surface area contributed by atoms with Crippen molar-refractivity contribution in [2.45, 2.75) is 39.5 Å². The average Bonchev–Trinajstić information content (AvgIpc) is 2.84. The predicted octanol–water partition coefficient (Wildman–Crippen LogP) is 5.57. The summed E-state index contributed by atoms with van der Waals surface area (Å²) in [5.41, 5.74) is 1.37. The summed E-state index contributed by atoms with van der Waals surface area (Å²) >= 11 is 6.22. The molecule has 0 spiro atoms. The summed E-state index contributed by atoms with van der Waals surface area (Å²) in [5, 5.41) is 3.30. The smallest absolute Gasteiger partial charge is 0.257 e. The SMILES string of the molecule is Cc1ncc(C(=O)N2CCCCCCOc3ccccc3Oc3ccc(Cl)cc3NC(=O)C2)c(C)n1. The third kappa shape index (κ3) is 6.51. The molecule has 0 fully saturated rings. The Bertz CT molecular complexity index is 1250. The third-order valence-electron chi connectivity index (χ3n) is 5.82.